The lowest BCUT2D eigenvalue weighted by molar-refractivity contribution is -0.158. The van der Waals surface area contributed by atoms with Crippen molar-refractivity contribution in [3.63, 3.8) is 0 Å². The van der Waals surface area contributed by atoms with Gasteiger partial charge in [0.05, 0.1) is 18.4 Å². The van der Waals surface area contributed by atoms with Gasteiger partial charge in [-0.3, -0.25) is 9.59 Å². The van der Waals surface area contributed by atoms with E-state index in [0.29, 0.717) is 6.61 Å². The Kier molecular flexibility index (Phi) is 3.73. The largest absolute Gasteiger partial charge is 0.466 e. The minimum absolute atomic E-state index is 0.0214. The maximum Gasteiger partial charge on any atom is 0.310 e. The summed E-state index contributed by atoms with van der Waals surface area (Å²) in [5.41, 5.74) is 0. The van der Waals surface area contributed by atoms with E-state index < -0.39 is 5.92 Å². The zero-order valence-electron chi connectivity index (χ0n) is 11.1. The number of rotatable bonds is 3. The van der Waals surface area contributed by atoms with Crippen LogP contribution in [-0.4, -0.2) is 24.6 Å². The number of hydrogen-bond acceptors (Lipinski definition) is 4. The van der Waals surface area contributed by atoms with Gasteiger partial charge >= 0.3 is 11.9 Å². The second kappa shape index (κ2) is 5.12. The van der Waals surface area contributed by atoms with Crippen molar-refractivity contribution >= 4 is 11.9 Å². The van der Waals surface area contributed by atoms with Gasteiger partial charge in [0.25, 0.3) is 0 Å². The van der Waals surface area contributed by atoms with Crippen molar-refractivity contribution < 1.29 is 19.1 Å². The number of cyclic esters (lactones) is 1. The van der Waals surface area contributed by atoms with Gasteiger partial charge in [0.1, 0.15) is 6.10 Å². The van der Waals surface area contributed by atoms with E-state index in [0.717, 1.165) is 6.42 Å². The Labute approximate surface area is 107 Å². The minimum Gasteiger partial charge on any atom is -0.466 e. The number of hydrogen-bond donors (Lipinski definition) is 0. The SMILES string of the molecule is CCOC(=O)[C@H]1[C@@H]2C(=O)O[C@@H](CC)[C@@H]2C=C[C@@H]1C. The molecule has 2 rings (SSSR count). The highest BCUT2D eigenvalue weighted by Crippen LogP contribution is 2.43. The molecular weight excluding hydrogens is 232 g/mol. The highest BCUT2D eigenvalue weighted by atomic mass is 16.6. The molecule has 0 unspecified atom stereocenters. The van der Waals surface area contributed by atoms with Gasteiger partial charge in [-0.15, -0.1) is 0 Å². The molecule has 0 spiro atoms. The van der Waals surface area contributed by atoms with Crippen molar-refractivity contribution in [2.45, 2.75) is 33.3 Å². The summed E-state index contributed by atoms with van der Waals surface area (Å²) in [5.74, 6) is -1.25. The van der Waals surface area contributed by atoms with Crippen LogP contribution in [0.25, 0.3) is 0 Å². The predicted octanol–water partition coefficient (Wildman–Crippen LogP) is 1.94. The summed E-state index contributed by atoms with van der Waals surface area (Å²) in [7, 11) is 0. The monoisotopic (exact) mass is 252 g/mol. The summed E-state index contributed by atoms with van der Waals surface area (Å²) in [6, 6.07) is 0. The molecule has 5 atom stereocenters. The smallest absolute Gasteiger partial charge is 0.310 e. The van der Waals surface area contributed by atoms with Crippen LogP contribution in [0.15, 0.2) is 12.2 Å². The lowest BCUT2D eigenvalue weighted by Gasteiger charge is -2.30. The molecule has 1 heterocycles. The molecule has 1 saturated heterocycles. The molecule has 0 aromatic heterocycles. The van der Waals surface area contributed by atoms with E-state index in [4.69, 9.17) is 9.47 Å². The second-order valence-electron chi connectivity index (χ2n) is 5.01. The molecular formula is C14H20O4. The van der Waals surface area contributed by atoms with E-state index in [1.807, 2.05) is 26.0 Å². The van der Waals surface area contributed by atoms with Crippen molar-refractivity contribution in [2.24, 2.45) is 23.7 Å². The lowest BCUT2D eigenvalue weighted by Crippen LogP contribution is -2.39. The molecule has 18 heavy (non-hydrogen) atoms. The highest BCUT2D eigenvalue weighted by molar-refractivity contribution is 5.85. The van der Waals surface area contributed by atoms with E-state index in [1.54, 1.807) is 6.92 Å². The van der Waals surface area contributed by atoms with Gasteiger partial charge < -0.3 is 9.47 Å². The van der Waals surface area contributed by atoms with Crippen LogP contribution in [-0.2, 0) is 19.1 Å². The number of ether oxygens (including phenoxy) is 2. The summed E-state index contributed by atoms with van der Waals surface area (Å²) in [6.07, 6.45) is 4.72. The Bertz CT molecular complexity index is 374. The van der Waals surface area contributed by atoms with Gasteiger partial charge in [0.2, 0.25) is 0 Å². The molecule has 1 aliphatic carbocycles. The number of allylic oxidation sites excluding steroid dienone is 1. The minimum atomic E-state index is -0.399. The van der Waals surface area contributed by atoms with Crippen LogP contribution in [0.1, 0.15) is 27.2 Å². The first-order valence-electron chi connectivity index (χ1n) is 6.65. The van der Waals surface area contributed by atoms with E-state index in [9.17, 15) is 9.59 Å². The summed E-state index contributed by atoms with van der Waals surface area (Å²) in [4.78, 5) is 24.0. The third kappa shape index (κ3) is 2.04. The van der Waals surface area contributed by atoms with Gasteiger partial charge in [-0.25, -0.2) is 0 Å². The second-order valence-corrected chi connectivity index (χ2v) is 5.01. The van der Waals surface area contributed by atoms with Crippen molar-refractivity contribution in [3.05, 3.63) is 12.2 Å². The standard InChI is InChI=1S/C14H20O4/c1-4-10-9-7-6-8(3)11(13(15)17-5-2)12(9)14(16)18-10/h6-12H,4-5H2,1-3H3/t8-,9-,10-,11+,12+/m0/s1. The number of fused-ring (bicyclic) bond motifs is 1. The van der Waals surface area contributed by atoms with E-state index in [-0.39, 0.29) is 35.8 Å². The molecule has 1 aliphatic heterocycles. The Morgan fingerprint density at radius 2 is 2.11 bits per heavy atom. The molecule has 0 aromatic rings. The molecule has 0 bridgehead atoms. The fourth-order valence-electron chi connectivity index (χ4n) is 3.03. The van der Waals surface area contributed by atoms with Crippen molar-refractivity contribution in [1.29, 1.82) is 0 Å². The highest BCUT2D eigenvalue weighted by Gasteiger charge is 2.52. The van der Waals surface area contributed by atoms with Gasteiger partial charge in [-0.2, -0.15) is 0 Å². The van der Waals surface area contributed by atoms with Crippen LogP contribution in [0.2, 0.25) is 0 Å². The van der Waals surface area contributed by atoms with E-state index in [1.165, 1.54) is 0 Å². The van der Waals surface area contributed by atoms with Gasteiger partial charge in [-0.1, -0.05) is 26.0 Å². The number of esters is 2. The molecule has 0 aromatic carbocycles. The van der Waals surface area contributed by atoms with Crippen LogP contribution in [0.4, 0.5) is 0 Å². The number of carbonyl (C=O) groups excluding carboxylic acids is 2. The fourth-order valence-corrected chi connectivity index (χ4v) is 3.03. The Hall–Kier alpha value is -1.32. The zero-order chi connectivity index (χ0) is 13.3. The Morgan fingerprint density at radius 1 is 1.39 bits per heavy atom. The summed E-state index contributed by atoms with van der Waals surface area (Å²) in [6.45, 7) is 6.06. The fraction of sp³-hybridized carbons (Fsp3) is 0.714. The Morgan fingerprint density at radius 3 is 2.72 bits per heavy atom. The average Bonchev–Trinajstić information content (AvgIpc) is 2.66. The first-order chi connectivity index (χ1) is 8.60. The average molecular weight is 252 g/mol. The van der Waals surface area contributed by atoms with E-state index in [2.05, 4.69) is 0 Å². The Balaban J connectivity index is 2.27. The molecule has 2 aliphatic rings. The zero-order valence-corrected chi connectivity index (χ0v) is 11.1. The van der Waals surface area contributed by atoms with Crippen LogP contribution in [0, 0.1) is 23.7 Å². The van der Waals surface area contributed by atoms with E-state index >= 15 is 0 Å². The van der Waals surface area contributed by atoms with Gasteiger partial charge in [-0.05, 0) is 19.3 Å². The number of carbonyl (C=O) groups is 2. The molecule has 4 heteroatoms. The maximum atomic E-state index is 12.0. The van der Waals surface area contributed by atoms with Crippen LogP contribution >= 0.6 is 0 Å². The molecule has 0 N–H and O–H groups in total. The lowest BCUT2D eigenvalue weighted by atomic mass is 9.70. The topological polar surface area (TPSA) is 52.6 Å². The van der Waals surface area contributed by atoms with Crippen molar-refractivity contribution in [3.8, 4) is 0 Å². The van der Waals surface area contributed by atoms with Crippen LogP contribution in [0.3, 0.4) is 0 Å². The molecule has 0 radical (unpaired) electrons. The third-order valence-electron chi connectivity index (χ3n) is 3.94. The summed E-state index contributed by atoms with van der Waals surface area (Å²) < 4.78 is 10.5. The van der Waals surface area contributed by atoms with Crippen molar-refractivity contribution in [2.75, 3.05) is 6.61 Å². The van der Waals surface area contributed by atoms with Gasteiger partial charge in [0, 0.05) is 5.92 Å². The van der Waals surface area contributed by atoms with Gasteiger partial charge in [0.15, 0.2) is 0 Å². The predicted molar refractivity (Wildman–Crippen MR) is 65.6 cm³/mol. The quantitative estimate of drug-likeness (QED) is 0.569. The maximum absolute atomic E-state index is 12.0. The first kappa shape index (κ1) is 13.1. The van der Waals surface area contributed by atoms with Crippen molar-refractivity contribution in [1.82, 2.24) is 0 Å². The molecule has 4 nitrogen and oxygen atoms in total. The third-order valence-corrected chi connectivity index (χ3v) is 3.94. The molecule has 0 saturated carbocycles. The summed E-state index contributed by atoms with van der Waals surface area (Å²) >= 11 is 0. The molecule has 1 fully saturated rings. The molecule has 100 valence electrons. The normalized spacial score (nSPS) is 38.2. The molecule has 0 amide bonds. The van der Waals surface area contributed by atoms with Crippen LogP contribution in [0.5, 0.6) is 0 Å². The first-order valence-corrected chi connectivity index (χ1v) is 6.65. The summed E-state index contributed by atoms with van der Waals surface area (Å²) in [5, 5.41) is 0. The van der Waals surface area contributed by atoms with Crippen LogP contribution < -0.4 is 0 Å².